The van der Waals surface area contributed by atoms with E-state index in [-0.39, 0.29) is 0 Å². The van der Waals surface area contributed by atoms with Crippen molar-refractivity contribution in [3.05, 3.63) is 12.2 Å². The number of carboxylic acids is 1. The maximum atomic E-state index is 10.3. The standard InChI is InChI=1S/C19H36O2/c1-2-3-4-5-6-7-8-9-10-11-12-13-14-15-16-17-18-19(20)21/h14-15H,2-13,16-18H2,1H3,(H,20,21). The van der Waals surface area contributed by atoms with E-state index in [4.69, 9.17) is 5.11 Å². The van der Waals surface area contributed by atoms with E-state index in [9.17, 15) is 4.79 Å². The summed E-state index contributed by atoms with van der Waals surface area (Å²) >= 11 is 0. The van der Waals surface area contributed by atoms with Gasteiger partial charge in [0.2, 0.25) is 0 Å². The van der Waals surface area contributed by atoms with Crippen LogP contribution in [0.5, 0.6) is 0 Å². The lowest BCUT2D eigenvalue weighted by Crippen LogP contribution is -1.92. The van der Waals surface area contributed by atoms with Gasteiger partial charge in [-0.3, -0.25) is 4.79 Å². The molecule has 0 unspecified atom stereocenters. The zero-order chi connectivity index (χ0) is 15.6. The lowest BCUT2D eigenvalue weighted by molar-refractivity contribution is -0.137. The summed E-state index contributed by atoms with van der Waals surface area (Å²) in [5, 5.41) is 8.50. The average molecular weight is 296 g/mol. The zero-order valence-corrected chi connectivity index (χ0v) is 14.1. The molecule has 0 aromatic heterocycles. The van der Waals surface area contributed by atoms with Crippen molar-refractivity contribution < 1.29 is 9.90 Å². The van der Waals surface area contributed by atoms with Crippen molar-refractivity contribution in [1.29, 1.82) is 0 Å². The van der Waals surface area contributed by atoms with Gasteiger partial charge in [-0.2, -0.15) is 0 Å². The van der Waals surface area contributed by atoms with E-state index in [1.54, 1.807) is 0 Å². The number of unbranched alkanes of at least 4 members (excludes halogenated alkanes) is 12. The molecule has 2 nitrogen and oxygen atoms in total. The number of aliphatic carboxylic acids is 1. The minimum atomic E-state index is -0.686. The first-order chi connectivity index (χ1) is 10.3. The van der Waals surface area contributed by atoms with Crippen molar-refractivity contribution in [3.63, 3.8) is 0 Å². The highest BCUT2D eigenvalue weighted by molar-refractivity contribution is 5.66. The molecule has 0 bridgehead atoms. The molecule has 0 saturated carbocycles. The van der Waals surface area contributed by atoms with Crippen molar-refractivity contribution in [2.75, 3.05) is 0 Å². The smallest absolute Gasteiger partial charge is 0.303 e. The summed E-state index contributed by atoms with van der Waals surface area (Å²) in [6.07, 6.45) is 22.8. The number of hydrogen-bond donors (Lipinski definition) is 1. The van der Waals surface area contributed by atoms with Crippen LogP contribution in [0.3, 0.4) is 0 Å². The van der Waals surface area contributed by atoms with Gasteiger partial charge in [0.05, 0.1) is 0 Å². The minimum Gasteiger partial charge on any atom is -0.481 e. The van der Waals surface area contributed by atoms with E-state index in [1.807, 2.05) is 0 Å². The summed E-state index contributed by atoms with van der Waals surface area (Å²) in [6, 6.07) is 0. The van der Waals surface area contributed by atoms with Gasteiger partial charge in [0.15, 0.2) is 0 Å². The normalized spacial score (nSPS) is 11.3. The monoisotopic (exact) mass is 296 g/mol. The molecular formula is C19H36O2. The third-order valence-electron chi connectivity index (χ3n) is 3.90. The second-order valence-electron chi connectivity index (χ2n) is 6.08. The van der Waals surface area contributed by atoms with Crippen molar-refractivity contribution in [1.82, 2.24) is 0 Å². The van der Waals surface area contributed by atoms with E-state index >= 15 is 0 Å². The Hall–Kier alpha value is -0.790. The van der Waals surface area contributed by atoms with E-state index < -0.39 is 5.97 Å². The predicted octanol–water partition coefficient (Wildman–Crippen LogP) is 6.50. The first-order valence-corrected chi connectivity index (χ1v) is 9.14. The molecule has 1 N–H and O–H groups in total. The first-order valence-electron chi connectivity index (χ1n) is 9.14. The fourth-order valence-corrected chi connectivity index (χ4v) is 2.53. The van der Waals surface area contributed by atoms with Gasteiger partial charge in [0.1, 0.15) is 0 Å². The molecule has 0 aliphatic carbocycles. The van der Waals surface area contributed by atoms with Crippen molar-refractivity contribution in [2.45, 2.75) is 103 Å². The van der Waals surface area contributed by atoms with Crippen LogP contribution in [-0.2, 0) is 4.79 Å². The third kappa shape index (κ3) is 19.2. The van der Waals surface area contributed by atoms with Crippen LogP contribution in [0.1, 0.15) is 103 Å². The molecule has 0 aromatic rings. The van der Waals surface area contributed by atoms with Gasteiger partial charge in [-0.15, -0.1) is 0 Å². The maximum Gasteiger partial charge on any atom is 0.303 e. The molecule has 0 rings (SSSR count). The molecule has 0 heterocycles. The molecule has 0 amide bonds. The highest BCUT2D eigenvalue weighted by Crippen LogP contribution is 2.12. The SMILES string of the molecule is CCCCCCCCCCCCCC=CCCCC(=O)O. The summed E-state index contributed by atoms with van der Waals surface area (Å²) in [5.41, 5.74) is 0. The van der Waals surface area contributed by atoms with Gasteiger partial charge in [-0.05, 0) is 25.7 Å². The van der Waals surface area contributed by atoms with Gasteiger partial charge in [0, 0.05) is 6.42 Å². The topological polar surface area (TPSA) is 37.3 Å². The van der Waals surface area contributed by atoms with Crippen LogP contribution in [0.4, 0.5) is 0 Å². The van der Waals surface area contributed by atoms with Crippen LogP contribution >= 0.6 is 0 Å². The molecule has 0 radical (unpaired) electrons. The molecule has 0 aliphatic heterocycles. The molecule has 124 valence electrons. The van der Waals surface area contributed by atoms with Gasteiger partial charge < -0.3 is 5.11 Å². The van der Waals surface area contributed by atoms with Crippen molar-refractivity contribution >= 4 is 5.97 Å². The van der Waals surface area contributed by atoms with Crippen LogP contribution in [0.25, 0.3) is 0 Å². The van der Waals surface area contributed by atoms with Crippen molar-refractivity contribution in [3.8, 4) is 0 Å². The predicted molar refractivity (Wildman–Crippen MR) is 91.7 cm³/mol. The van der Waals surface area contributed by atoms with Crippen LogP contribution in [-0.4, -0.2) is 11.1 Å². The number of hydrogen-bond acceptors (Lipinski definition) is 1. The van der Waals surface area contributed by atoms with Gasteiger partial charge in [0.25, 0.3) is 0 Å². The Morgan fingerprint density at radius 3 is 1.62 bits per heavy atom. The Balaban J connectivity index is 3.05. The largest absolute Gasteiger partial charge is 0.481 e. The molecule has 0 saturated heterocycles. The zero-order valence-electron chi connectivity index (χ0n) is 14.1. The fourth-order valence-electron chi connectivity index (χ4n) is 2.53. The van der Waals surface area contributed by atoms with E-state index in [1.165, 1.54) is 70.6 Å². The Kier molecular flexibility index (Phi) is 16.6. The molecule has 2 heteroatoms. The Labute approximate surface area is 132 Å². The maximum absolute atomic E-state index is 10.3. The first kappa shape index (κ1) is 20.2. The molecule has 0 atom stereocenters. The summed E-state index contributed by atoms with van der Waals surface area (Å²) in [5.74, 6) is -0.686. The molecule has 21 heavy (non-hydrogen) atoms. The number of allylic oxidation sites excluding steroid dienone is 2. The molecule has 0 aliphatic rings. The lowest BCUT2D eigenvalue weighted by atomic mass is 10.1. The highest BCUT2D eigenvalue weighted by Gasteiger charge is 1.94. The fraction of sp³-hybridized carbons (Fsp3) is 0.842. The van der Waals surface area contributed by atoms with Gasteiger partial charge in [-0.25, -0.2) is 0 Å². The Morgan fingerprint density at radius 2 is 1.14 bits per heavy atom. The van der Waals surface area contributed by atoms with Crippen molar-refractivity contribution in [2.24, 2.45) is 0 Å². The Morgan fingerprint density at radius 1 is 0.714 bits per heavy atom. The van der Waals surface area contributed by atoms with Gasteiger partial charge in [-0.1, -0.05) is 83.3 Å². The minimum absolute atomic E-state index is 0.294. The number of carbonyl (C=O) groups is 1. The highest BCUT2D eigenvalue weighted by atomic mass is 16.4. The summed E-state index contributed by atoms with van der Waals surface area (Å²) < 4.78 is 0. The summed E-state index contributed by atoms with van der Waals surface area (Å²) in [6.45, 7) is 2.27. The third-order valence-corrected chi connectivity index (χ3v) is 3.90. The summed E-state index contributed by atoms with van der Waals surface area (Å²) in [7, 11) is 0. The second kappa shape index (κ2) is 17.3. The number of rotatable bonds is 16. The molecular weight excluding hydrogens is 260 g/mol. The molecule has 0 fully saturated rings. The second-order valence-corrected chi connectivity index (χ2v) is 6.08. The van der Waals surface area contributed by atoms with Crippen LogP contribution in [0.2, 0.25) is 0 Å². The Bertz CT molecular complexity index is 246. The van der Waals surface area contributed by atoms with Crippen LogP contribution in [0, 0.1) is 0 Å². The summed E-state index contributed by atoms with van der Waals surface area (Å²) in [4.78, 5) is 10.3. The molecule has 0 aromatic carbocycles. The van der Waals surface area contributed by atoms with Crippen LogP contribution in [0.15, 0.2) is 12.2 Å². The van der Waals surface area contributed by atoms with E-state index in [0.717, 1.165) is 19.3 Å². The number of carboxylic acid groups (broad SMARTS) is 1. The molecule has 0 spiro atoms. The van der Waals surface area contributed by atoms with Gasteiger partial charge >= 0.3 is 5.97 Å². The van der Waals surface area contributed by atoms with E-state index in [0.29, 0.717) is 6.42 Å². The average Bonchev–Trinajstić information content (AvgIpc) is 2.46. The lowest BCUT2D eigenvalue weighted by Gasteiger charge is -2.01. The van der Waals surface area contributed by atoms with E-state index in [2.05, 4.69) is 19.1 Å². The van der Waals surface area contributed by atoms with Crippen LogP contribution < -0.4 is 0 Å². The quantitative estimate of drug-likeness (QED) is 0.261.